The van der Waals surface area contributed by atoms with Gasteiger partial charge in [0.05, 0.1) is 0 Å². The number of hydrogen-bond acceptors (Lipinski definition) is 1. The molecule has 1 saturated carbocycles. The summed E-state index contributed by atoms with van der Waals surface area (Å²) in [5.41, 5.74) is 3.91. The zero-order valence-corrected chi connectivity index (χ0v) is 13.3. The topological polar surface area (TPSA) is 12.0 Å². The Hall–Kier alpha value is -0.530. The van der Waals surface area contributed by atoms with Crippen LogP contribution in [0.5, 0.6) is 0 Å². The van der Waals surface area contributed by atoms with Crippen molar-refractivity contribution >= 4 is 11.6 Å². The first-order valence-electron chi connectivity index (χ1n) is 7.54. The summed E-state index contributed by atoms with van der Waals surface area (Å²) < 4.78 is 0. The number of hydrogen-bond donors (Lipinski definition) is 1. The third-order valence-electron chi connectivity index (χ3n) is 4.45. The number of rotatable bonds is 6. The molecule has 0 bridgehead atoms. The average molecular weight is 280 g/mol. The highest BCUT2D eigenvalue weighted by Gasteiger charge is 2.34. The normalized spacial score (nSPS) is 18.4. The van der Waals surface area contributed by atoms with E-state index in [2.05, 4.69) is 45.1 Å². The fourth-order valence-electron chi connectivity index (χ4n) is 2.81. The van der Waals surface area contributed by atoms with Crippen LogP contribution in [0.15, 0.2) is 12.1 Å². The molecule has 1 N–H and O–H groups in total. The zero-order valence-electron chi connectivity index (χ0n) is 12.6. The van der Waals surface area contributed by atoms with Crippen LogP contribution in [0.4, 0.5) is 0 Å². The molecule has 0 radical (unpaired) electrons. The van der Waals surface area contributed by atoms with Crippen molar-refractivity contribution in [1.29, 1.82) is 0 Å². The first-order chi connectivity index (χ1) is 9.04. The van der Waals surface area contributed by atoms with Gasteiger partial charge in [0.1, 0.15) is 0 Å². The van der Waals surface area contributed by atoms with Gasteiger partial charge in [-0.1, -0.05) is 31.5 Å². The first kappa shape index (κ1) is 14.9. The Kier molecular flexibility index (Phi) is 4.92. The van der Waals surface area contributed by atoms with Gasteiger partial charge in [-0.25, -0.2) is 0 Å². The van der Waals surface area contributed by atoms with Gasteiger partial charge < -0.3 is 5.32 Å². The maximum Gasteiger partial charge on any atom is 0.0456 e. The van der Waals surface area contributed by atoms with Crippen LogP contribution < -0.4 is 5.32 Å². The maximum atomic E-state index is 6.50. The third kappa shape index (κ3) is 3.52. The lowest BCUT2D eigenvalue weighted by Gasteiger charge is -2.27. The van der Waals surface area contributed by atoms with Gasteiger partial charge in [-0.15, -0.1) is 0 Å². The molecule has 1 aliphatic rings. The Labute approximate surface area is 122 Å². The van der Waals surface area contributed by atoms with Gasteiger partial charge in [0.15, 0.2) is 0 Å². The van der Waals surface area contributed by atoms with Crippen LogP contribution in [0.2, 0.25) is 5.02 Å². The molecule has 0 saturated heterocycles. The summed E-state index contributed by atoms with van der Waals surface area (Å²) in [6, 6.07) is 4.80. The number of benzene rings is 1. The summed E-state index contributed by atoms with van der Waals surface area (Å²) in [6.07, 6.45) is 3.93. The fourth-order valence-corrected chi connectivity index (χ4v) is 3.15. The molecule has 0 amide bonds. The molecule has 0 heterocycles. The van der Waals surface area contributed by atoms with E-state index in [9.17, 15) is 0 Å². The van der Waals surface area contributed by atoms with Gasteiger partial charge in [-0.2, -0.15) is 0 Å². The largest absolute Gasteiger partial charge is 0.310 e. The van der Waals surface area contributed by atoms with Gasteiger partial charge in [-0.3, -0.25) is 0 Å². The Bertz CT molecular complexity index is 437. The van der Waals surface area contributed by atoms with Crippen molar-refractivity contribution in [2.45, 2.75) is 53.0 Å². The van der Waals surface area contributed by atoms with Crippen molar-refractivity contribution in [1.82, 2.24) is 5.32 Å². The average Bonchev–Trinajstić information content (AvgIpc) is 3.19. The molecule has 0 spiro atoms. The Morgan fingerprint density at radius 1 is 1.26 bits per heavy atom. The van der Waals surface area contributed by atoms with Crippen molar-refractivity contribution in [2.75, 3.05) is 6.54 Å². The van der Waals surface area contributed by atoms with Gasteiger partial charge in [0.25, 0.3) is 0 Å². The zero-order chi connectivity index (χ0) is 14.0. The van der Waals surface area contributed by atoms with E-state index in [1.54, 1.807) is 0 Å². The number of aryl methyl sites for hydroxylation is 2. The molecule has 2 heteroatoms. The van der Waals surface area contributed by atoms with Crippen LogP contribution in [0.1, 0.15) is 55.8 Å². The van der Waals surface area contributed by atoms with E-state index in [-0.39, 0.29) is 0 Å². The molecule has 1 aromatic rings. The molecule has 2 atom stereocenters. The molecule has 106 valence electrons. The van der Waals surface area contributed by atoms with E-state index in [0.717, 1.165) is 23.9 Å². The van der Waals surface area contributed by atoms with Crippen LogP contribution in [0, 0.1) is 25.7 Å². The van der Waals surface area contributed by atoms with Crippen molar-refractivity contribution < 1.29 is 0 Å². The lowest BCUT2D eigenvalue weighted by atomic mass is 9.89. The second-order valence-corrected chi connectivity index (χ2v) is 6.49. The van der Waals surface area contributed by atoms with Gasteiger partial charge in [-0.05, 0) is 74.2 Å². The van der Waals surface area contributed by atoms with Crippen LogP contribution in [-0.2, 0) is 0 Å². The number of nitrogens with one attached hydrogen (secondary N) is 1. The van der Waals surface area contributed by atoms with E-state index in [0.29, 0.717) is 12.0 Å². The smallest absolute Gasteiger partial charge is 0.0456 e. The summed E-state index contributed by atoms with van der Waals surface area (Å²) in [4.78, 5) is 0. The highest BCUT2D eigenvalue weighted by Crippen LogP contribution is 2.44. The molecule has 2 rings (SSSR count). The molecule has 1 fully saturated rings. The van der Waals surface area contributed by atoms with Crippen LogP contribution in [0.3, 0.4) is 0 Å². The quantitative estimate of drug-likeness (QED) is 0.769. The minimum atomic E-state index is 0.402. The van der Waals surface area contributed by atoms with E-state index in [1.165, 1.54) is 29.5 Å². The predicted molar refractivity (Wildman–Crippen MR) is 83.8 cm³/mol. The molecular formula is C17H26ClN. The van der Waals surface area contributed by atoms with Crippen LogP contribution in [0.25, 0.3) is 0 Å². The molecule has 1 aromatic carbocycles. The number of halogens is 1. The maximum absolute atomic E-state index is 6.50. The van der Waals surface area contributed by atoms with E-state index in [1.807, 2.05) is 0 Å². The molecule has 19 heavy (non-hydrogen) atoms. The van der Waals surface area contributed by atoms with E-state index in [4.69, 9.17) is 11.6 Å². The summed E-state index contributed by atoms with van der Waals surface area (Å²) in [5, 5.41) is 4.63. The third-order valence-corrected chi connectivity index (χ3v) is 4.78. The lowest BCUT2D eigenvalue weighted by Crippen LogP contribution is -2.29. The van der Waals surface area contributed by atoms with E-state index < -0.39 is 0 Å². The lowest BCUT2D eigenvalue weighted by molar-refractivity contribution is 0.350. The highest BCUT2D eigenvalue weighted by molar-refractivity contribution is 6.31. The molecule has 0 aliphatic heterocycles. The molecule has 2 unspecified atom stereocenters. The van der Waals surface area contributed by atoms with Crippen LogP contribution in [-0.4, -0.2) is 6.54 Å². The summed E-state index contributed by atoms with van der Waals surface area (Å²) >= 11 is 6.50. The summed E-state index contributed by atoms with van der Waals surface area (Å²) in [6.45, 7) is 9.95. The molecule has 1 nitrogen and oxygen atoms in total. The van der Waals surface area contributed by atoms with Crippen LogP contribution >= 0.6 is 11.6 Å². The molecule has 0 aromatic heterocycles. The van der Waals surface area contributed by atoms with Crippen molar-refractivity contribution in [3.8, 4) is 0 Å². The fraction of sp³-hybridized carbons (Fsp3) is 0.647. The van der Waals surface area contributed by atoms with E-state index >= 15 is 0 Å². The summed E-state index contributed by atoms with van der Waals surface area (Å²) in [7, 11) is 0. The molecule has 1 aliphatic carbocycles. The molecular weight excluding hydrogens is 254 g/mol. The van der Waals surface area contributed by atoms with Crippen molar-refractivity contribution in [3.05, 3.63) is 33.8 Å². The minimum absolute atomic E-state index is 0.402. The second kappa shape index (κ2) is 6.28. The first-order valence-corrected chi connectivity index (χ1v) is 7.92. The Morgan fingerprint density at radius 2 is 1.89 bits per heavy atom. The van der Waals surface area contributed by atoms with Gasteiger partial charge in [0.2, 0.25) is 0 Å². The minimum Gasteiger partial charge on any atom is -0.310 e. The van der Waals surface area contributed by atoms with Crippen molar-refractivity contribution in [3.63, 3.8) is 0 Å². The Balaban J connectivity index is 2.28. The SMILES string of the molecule is CCCNC(c1cc(C)c(C)cc1Cl)C(C)C1CC1. The summed E-state index contributed by atoms with van der Waals surface area (Å²) in [5.74, 6) is 1.55. The predicted octanol–water partition coefficient (Wildman–Crippen LogP) is 5.04. The second-order valence-electron chi connectivity index (χ2n) is 6.09. The standard InChI is InChI=1S/C17H26ClN/c1-5-8-19-17(13(4)14-6-7-14)15-9-11(2)12(3)10-16(15)18/h9-10,13-14,17,19H,5-8H2,1-4H3. The van der Waals surface area contributed by atoms with Gasteiger partial charge >= 0.3 is 0 Å². The Morgan fingerprint density at radius 3 is 2.47 bits per heavy atom. The monoisotopic (exact) mass is 279 g/mol. The van der Waals surface area contributed by atoms with Gasteiger partial charge in [0, 0.05) is 11.1 Å². The van der Waals surface area contributed by atoms with Crippen molar-refractivity contribution in [2.24, 2.45) is 11.8 Å². The highest BCUT2D eigenvalue weighted by atomic mass is 35.5.